The summed E-state index contributed by atoms with van der Waals surface area (Å²) in [5.74, 6) is -4.02. The molecule has 35 N–H and O–H groups in total. The van der Waals surface area contributed by atoms with E-state index in [0.717, 1.165) is 27.7 Å². The molecular weight excluding hydrogens is 1820 g/mol. The monoisotopic (exact) mass is 1950 g/mol. The highest BCUT2D eigenvalue weighted by molar-refractivity contribution is 5.74. The predicted octanol–water partition coefficient (Wildman–Crippen LogP) is -23.7. The van der Waals surface area contributed by atoms with Gasteiger partial charge in [-0.3, -0.25) is 19.2 Å². The molecule has 0 aromatic heterocycles. The normalized spacial score (nSPS) is 47.6. The van der Waals surface area contributed by atoms with Crippen molar-refractivity contribution in [2.75, 3.05) is 72.7 Å². The summed E-state index contributed by atoms with van der Waals surface area (Å²) in [4.78, 5) is 53.0. The van der Waals surface area contributed by atoms with Crippen LogP contribution in [0.25, 0.3) is 0 Å². The van der Waals surface area contributed by atoms with Gasteiger partial charge in [-0.1, -0.05) is 0 Å². The molecule has 0 unspecified atom stereocenters. The van der Waals surface area contributed by atoms with Gasteiger partial charge in [0.05, 0.1) is 78.8 Å². The molecule has 0 saturated carbocycles. The van der Waals surface area contributed by atoms with E-state index in [4.69, 9.17) is 94.7 Å². The van der Waals surface area contributed by atoms with Crippen molar-refractivity contribution in [1.82, 2.24) is 21.3 Å². The molecule has 10 rings (SSSR count). The van der Waals surface area contributed by atoms with Crippen molar-refractivity contribution in [3.63, 3.8) is 0 Å². The summed E-state index contributed by atoms with van der Waals surface area (Å²) < 4.78 is 119. The first-order valence-corrected chi connectivity index (χ1v) is 42.4. The molecule has 0 aromatic rings. The highest BCUT2D eigenvalue weighted by Crippen LogP contribution is 2.41. The van der Waals surface area contributed by atoms with Gasteiger partial charge >= 0.3 is 0 Å². The summed E-state index contributed by atoms with van der Waals surface area (Å²) in [6.45, 7) is -7.98. The Morgan fingerprint density at radius 3 is 0.917 bits per heavy atom. The molecule has 59 nitrogen and oxygen atoms in total. The lowest BCUT2D eigenvalue weighted by Gasteiger charge is -2.51. The van der Waals surface area contributed by atoms with E-state index in [1.54, 1.807) is 0 Å². The van der Waals surface area contributed by atoms with Crippen LogP contribution in [0.15, 0.2) is 0 Å². The lowest BCUT2D eigenvalue weighted by atomic mass is 9.93. The maximum Gasteiger partial charge on any atom is 0.217 e. The molecule has 0 radical (unpaired) electrons. The Bertz CT molecular complexity index is 3580. The summed E-state index contributed by atoms with van der Waals surface area (Å²) in [6, 6.07) is -8.02. The summed E-state index contributed by atoms with van der Waals surface area (Å²) in [6.07, 6.45) is -107. The number of carbonyl (C=O) groups excluding carboxylic acids is 4. The molecule has 10 saturated heterocycles. The molecule has 133 heavy (non-hydrogen) atoms. The minimum Gasteiger partial charge on any atom is -0.394 e. The Morgan fingerprint density at radius 2 is 0.534 bits per heavy atom. The molecular formula is C74H126N4O55. The van der Waals surface area contributed by atoms with Gasteiger partial charge in [0.25, 0.3) is 0 Å². The molecule has 0 aliphatic carbocycles. The number of rotatable bonds is 38. The quantitative estimate of drug-likeness (QED) is 0.0273. The maximum atomic E-state index is 13.5. The summed E-state index contributed by atoms with van der Waals surface area (Å²) in [5, 5.41) is 354. The molecule has 4 amide bonds. The van der Waals surface area contributed by atoms with Crippen molar-refractivity contribution in [3.05, 3.63) is 0 Å². The van der Waals surface area contributed by atoms with Gasteiger partial charge in [0.1, 0.15) is 262 Å². The van der Waals surface area contributed by atoms with Crippen LogP contribution in [0.2, 0.25) is 0 Å². The second-order valence-corrected chi connectivity index (χ2v) is 33.6. The average molecular weight is 1950 g/mol. The number of aliphatic hydroxyl groups excluding tert-OH is 31. The first-order valence-electron chi connectivity index (χ1n) is 42.4. The standard InChI is InChI=1S/C74H126N4O55/c1-17-37(94)48(105)52(109)69(116-17)133-64-51(108)41(98)26(10-83)121-74(64)130-61-36(78-21(5)91)68(118-28(12-85)43(61)100)132-63-45(102)32(16-115-65-33(75-18(2)88)46(103)58(29(13-86)122-65)127-70-53(110)49(106)39(96)24(8-81)119-70)125-73(56(63)113)128-59-30(14-87)123-66(34(47(59)104)76-19(3)89)114-15-31-44(101)62(55(112)72(124-31)126-57(23(93)7-80)38(95)22(92)6-79)131-67-35(77-20(4)90)60(42(99)27(11-84)117-67)129-71-54(111)50(107)40(97)25(9-82)120-71/h17,22-74,79-87,92-113H,6-16H2,1-5H3,(H,75,88)(H,76,89)(H,77,90)(H,78,91)/t17-,22-,23+,24+,25+,26+,27+,28+,29+,30+,31+,32+,33+,34+,35+,36+,37+,38+,39-,40-,41-,42+,43+,44-,45-,46+,47+,48+,49-,50-,51-,52-,53+,54+,55+,56+,57+,58+,59+,60+,61+,62-,63-,64+,65+,66+,67-,68-,69-,70-,71-,72-,73-,74-/m0/s1. The van der Waals surface area contributed by atoms with Crippen molar-refractivity contribution in [2.24, 2.45) is 0 Å². The number of hydrogen-bond donors (Lipinski definition) is 35. The fourth-order valence-corrected chi connectivity index (χ4v) is 16.9. The minimum absolute atomic E-state index is 0.879. The van der Waals surface area contributed by atoms with Gasteiger partial charge in [0, 0.05) is 27.7 Å². The zero-order valence-electron chi connectivity index (χ0n) is 71.6. The van der Waals surface area contributed by atoms with Crippen molar-refractivity contribution >= 4 is 23.6 Å². The highest BCUT2D eigenvalue weighted by Gasteiger charge is 2.62. The van der Waals surface area contributed by atoms with Crippen molar-refractivity contribution in [3.8, 4) is 0 Å². The Hall–Kier alpha value is -4.16. The Kier molecular flexibility index (Phi) is 40.8. The van der Waals surface area contributed by atoms with Crippen LogP contribution in [-0.4, -0.2) is 586 Å². The number of aliphatic hydroxyl groups is 31. The number of amides is 4. The van der Waals surface area contributed by atoms with Crippen LogP contribution in [0, 0.1) is 0 Å². The highest BCUT2D eigenvalue weighted by atomic mass is 16.8. The number of ether oxygens (including phenoxy) is 20. The van der Waals surface area contributed by atoms with Gasteiger partial charge in [-0.05, 0) is 6.92 Å². The van der Waals surface area contributed by atoms with Gasteiger partial charge in [-0.2, -0.15) is 0 Å². The largest absolute Gasteiger partial charge is 0.394 e. The first kappa shape index (κ1) is 111. The van der Waals surface area contributed by atoms with Crippen LogP contribution in [-0.2, 0) is 114 Å². The van der Waals surface area contributed by atoms with E-state index in [9.17, 15) is 177 Å². The van der Waals surface area contributed by atoms with Gasteiger partial charge in [0.15, 0.2) is 62.9 Å². The second-order valence-electron chi connectivity index (χ2n) is 33.6. The van der Waals surface area contributed by atoms with E-state index in [2.05, 4.69) is 21.3 Å². The Labute approximate surface area is 753 Å². The van der Waals surface area contributed by atoms with Crippen LogP contribution in [0.3, 0.4) is 0 Å². The number of nitrogens with one attached hydrogen (secondary N) is 4. The van der Waals surface area contributed by atoms with Gasteiger partial charge in [-0.15, -0.1) is 0 Å². The third-order valence-corrected chi connectivity index (χ3v) is 24.2. The Morgan fingerprint density at radius 1 is 0.256 bits per heavy atom. The van der Waals surface area contributed by atoms with E-state index in [1.165, 1.54) is 6.92 Å². The third kappa shape index (κ3) is 25.1. The minimum atomic E-state index is -2.62. The van der Waals surface area contributed by atoms with Crippen molar-refractivity contribution < 1.29 is 272 Å². The van der Waals surface area contributed by atoms with E-state index >= 15 is 0 Å². The molecule has 0 bridgehead atoms. The van der Waals surface area contributed by atoms with Crippen molar-refractivity contribution in [1.29, 1.82) is 0 Å². The maximum absolute atomic E-state index is 13.5. The summed E-state index contributed by atoms with van der Waals surface area (Å²) >= 11 is 0. The van der Waals surface area contributed by atoms with E-state index in [0.29, 0.717) is 0 Å². The van der Waals surface area contributed by atoms with E-state index in [1.807, 2.05) is 0 Å². The molecule has 772 valence electrons. The van der Waals surface area contributed by atoms with Crippen molar-refractivity contribution in [2.45, 2.75) is 366 Å². The summed E-state index contributed by atoms with van der Waals surface area (Å²) in [7, 11) is 0. The van der Waals surface area contributed by atoms with Crippen LogP contribution < -0.4 is 21.3 Å². The Balaban J connectivity index is 0.980. The number of hydrogen-bond acceptors (Lipinski definition) is 55. The molecule has 10 fully saturated rings. The van der Waals surface area contributed by atoms with Gasteiger partial charge < -0.3 is 274 Å². The molecule has 10 heterocycles. The van der Waals surface area contributed by atoms with E-state index in [-0.39, 0.29) is 0 Å². The smallest absolute Gasteiger partial charge is 0.217 e. The van der Waals surface area contributed by atoms with Crippen LogP contribution in [0.1, 0.15) is 34.6 Å². The predicted molar refractivity (Wildman–Crippen MR) is 410 cm³/mol. The van der Waals surface area contributed by atoms with Gasteiger partial charge in [-0.25, -0.2) is 0 Å². The third-order valence-electron chi connectivity index (χ3n) is 24.2. The lowest BCUT2D eigenvalue weighted by molar-refractivity contribution is -0.391. The zero-order chi connectivity index (χ0) is 98.2. The molecule has 59 heteroatoms. The van der Waals surface area contributed by atoms with E-state index < -0.39 is 428 Å². The SMILES string of the molecule is CC(=O)N[C@H]1[C@H](OC[C@H]2O[C@@H](O[C@H]3[C@H](O)[C@@H](NC(C)=O)[C@H](OC[C@H]4O[C@@H](O[C@@H]([C@H](O)[C@@H](O)CO)[C@H](O)CO)[C@H](O)[C@@H](O[C@@H]5O[C@H](CO)[C@@H](O)[C@H](O[C@@H]6O[C@H](CO)[C@H](O)[C@H](O)[C@H]6O)[C@H]5NC(C)=O)[C@H]4O)O[C@@H]3CO)[C@H](O)[C@@H](O[C@@H]3O[C@H](CO)[C@@H](O)[C@H](O[C@@H]4O[C@H](CO)[C@H](O)[C@H](O)[C@H]4O[C@@H]4O[C@@H](C)[C@@H](O)[C@@H](O)[C@@H]4O)[C@H]3NC(C)=O)[C@H]2O)O[C@H](CO)[C@@H](O[C@@H]2O[C@H](CO)[C@H](O)[C@H](O)[C@H]2O)[C@@H]1O. The fraction of sp³-hybridized carbons (Fsp3) is 0.946. The molecule has 10 aliphatic rings. The average Bonchev–Trinajstić information content (AvgIpc) is 0.763. The molecule has 10 aliphatic heterocycles. The topological polar surface area (TPSA) is 928 Å². The van der Waals surface area contributed by atoms with Gasteiger partial charge in [0.2, 0.25) is 23.6 Å². The zero-order valence-corrected chi connectivity index (χ0v) is 71.6. The molecule has 0 spiro atoms. The second kappa shape index (κ2) is 49.0. The summed E-state index contributed by atoms with van der Waals surface area (Å²) in [5.41, 5.74) is 0. The first-order chi connectivity index (χ1) is 62.9. The van der Waals surface area contributed by atoms with Crippen LogP contribution >= 0.6 is 0 Å². The fourth-order valence-electron chi connectivity index (χ4n) is 16.9. The number of carbonyl (C=O) groups is 4. The van der Waals surface area contributed by atoms with Crippen LogP contribution in [0.4, 0.5) is 0 Å². The molecule has 54 atom stereocenters. The lowest BCUT2D eigenvalue weighted by Crippen LogP contribution is -2.71. The van der Waals surface area contributed by atoms with Crippen LogP contribution in [0.5, 0.6) is 0 Å². The molecule has 0 aromatic carbocycles.